The highest BCUT2D eigenvalue weighted by Crippen LogP contribution is 2.21. The van der Waals surface area contributed by atoms with E-state index in [1.54, 1.807) is 18.4 Å². The number of aliphatic hydroxyl groups excluding tert-OH is 1. The van der Waals surface area contributed by atoms with Gasteiger partial charge in [-0.3, -0.25) is 0 Å². The summed E-state index contributed by atoms with van der Waals surface area (Å²) in [6.45, 7) is 0. The average Bonchev–Trinajstić information content (AvgIpc) is 2.61. The van der Waals surface area contributed by atoms with Crippen molar-refractivity contribution in [3.63, 3.8) is 0 Å². The topological polar surface area (TPSA) is 58.4 Å². The first-order chi connectivity index (χ1) is 6.31. The Bertz CT molecular complexity index is 366. The molecule has 0 aliphatic carbocycles. The standard InChI is InChI=1S/C8H8ClNO3/c9-4-13-8(11)6-3-7-5(10-6)1-2-12-7/h1-3,8,10-11H,4H2. The fraction of sp³-hybridized carbons (Fsp3) is 0.250. The Balaban J connectivity index is 2.28. The van der Waals surface area contributed by atoms with Crippen molar-refractivity contribution in [3.05, 3.63) is 24.1 Å². The molecule has 2 rings (SSSR count). The van der Waals surface area contributed by atoms with Gasteiger partial charge in [0.1, 0.15) is 6.07 Å². The second-order valence-electron chi connectivity index (χ2n) is 2.55. The summed E-state index contributed by atoms with van der Waals surface area (Å²) < 4.78 is 9.87. The molecule has 2 heterocycles. The van der Waals surface area contributed by atoms with Crippen molar-refractivity contribution in [2.45, 2.75) is 6.29 Å². The predicted octanol–water partition coefficient (Wildman–Crippen LogP) is 1.96. The highest BCUT2D eigenvalue weighted by atomic mass is 35.5. The van der Waals surface area contributed by atoms with Crippen LogP contribution in [0.2, 0.25) is 0 Å². The van der Waals surface area contributed by atoms with Crippen LogP contribution in [0.15, 0.2) is 22.8 Å². The molecular weight excluding hydrogens is 194 g/mol. The van der Waals surface area contributed by atoms with Crippen LogP contribution in [0.1, 0.15) is 12.0 Å². The molecule has 0 amide bonds. The molecule has 2 aromatic heterocycles. The van der Waals surface area contributed by atoms with Gasteiger partial charge in [-0.15, -0.1) is 0 Å². The molecule has 0 aliphatic rings. The highest BCUT2D eigenvalue weighted by molar-refractivity contribution is 6.17. The van der Waals surface area contributed by atoms with Crippen molar-refractivity contribution >= 4 is 22.7 Å². The molecule has 5 heteroatoms. The summed E-state index contributed by atoms with van der Waals surface area (Å²) in [7, 11) is 0. The number of hydrogen-bond acceptors (Lipinski definition) is 3. The molecule has 2 aromatic rings. The minimum atomic E-state index is -1.03. The summed E-state index contributed by atoms with van der Waals surface area (Å²) in [5.74, 6) is 0. The fourth-order valence-electron chi connectivity index (χ4n) is 1.15. The third-order valence-corrected chi connectivity index (χ3v) is 1.87. The van der Waals surface area contributed by atoms with Crippen LogP contribution in [-0.2, 0) is 4.74 Å². The largest absolute Gasteiger partial charge is 0.463 e. The summed E-state index contributed by atoms with van der Waals surface area (Å²) in [5, 5.41) is 9.36. The number of aliphatic hydroxyl groups is 1. The summed E-state index contributed by atoms with van der Waals surface area (Å²) in [6.07, 6.45) is 0.541. The Kier molecular flexibility index (Phi) is 2.26. The second-order valence-corrected chi connectivity index (χ2v) is 2.77. The first kappa shape index (κ1) is 8.62. The molecule has 0 bridgehead atoms. The van der Waals surface area contributed by atoms with Crippen molar-refractivity contribution in [3.8, 4) is 0 Å². The lowest BCUT2D eigenvalue weighted by Crippen LogP contribution is -2.01. The molecule has 2 N–H and O–H groups in total. The summed E-state index contributed by atoms with van der Waals surface area (Å²) in [6, 6.07) is 3.39. The maximum atomic E-state index is 9.36. The van der Waals surface area contributed by atoms with Gasteiger partial charge in [-0.1, -0.05) is 11.6 Å². The van der Waals surface area contributed by atoms with Crippen LogP contribution >= 0.6 is 11.6 Å². The highest BCUT2D eigenvalue weighted by Gasteiger charge is 2.11. The minimum absolute atomic E-state index is 0.0540. The summed E-state index contributed by atoms with van der Waals surface area (Å²) >= 11 is 5.30. The van der Waals surface area contributed by atoms with Crippen LogP contribution in [0.3, 0.4) is 0 Å². The number of H-pyrrole nitrogens is 1. The molecule has 0 aliphatic heterocycles. The zero-order valence-electron chi connectivity index (χ0n) is 6.66. The first-order valence-corrected chi connectivity index (χ1v) is 4.26. The Morgan fingerprint density at radius 2 is 2.54 bits per heavy atom. The molecule has 1 unspecified atom stereocenters. The van der Waals surface area contributed by atoms with E-state index in [0.29, 0.717) is 11.3 Å². The molecule has 0 aromatic carbocycles. The Labute approximate surface area is 79.1 Å². The van der Waals surface area contributed by atoms with Gasteiger partial charge >= 0.3 is 0 Å². The van der Waals surface area contributed by atoms with Crippen molar-refractivity contribution in [1.29, 1.82) is 0 Å². The van der Waals surface area contributed by atoms with Gasteiger partial charge in [0.2, 0.25) is 0 Å². The van der Waals surface area contributed by atoms with E-state index < -0.39 is 6.29 Å². The van der Waals surface area contributed by atoms with Gasteiger partial charge in [0.25, 0.3) is 0 Å². The van der Waals surface area contributed by atoms with Gasteiger partial charge in [0, 0.05) is 12.1 Å². The van der Waals surface area contributed by atoms with Crippen LogP contribution in [0.5, 0.6) is 0 Å². The SMILES string of the molecule is OC(OCCl)c1cc2occc2[nH]1. The molecular formula is C8H8ClNO3. The van der Waals surface area contributed by atoms with Gasteiger partial charge in [-0.2, -0.15) is 0 Å². The van der Waals surface area contributed by atoms with Crippen LogP contribution < -0.4 is 0 Å². The molecule has 0 fully saturated rings. The number of hydrogen-bond donors (Lipinski definition) is 2. The molecule has 70 valence electrons. The molecule has 0 saturated heterocycles. The maximum absolute atomic E-state index is 9.36. The molecule has 1 atom stereocenters. The normalized spacial score (nSPS) is 13.7. The first-order valence-electron chi connectivity index (χ1n) is 3.73. The Morgan fingerprint density at radius 3 is 3.23 bits per heavy atom. The number of nitrogens with one attached hydrogen (secondary N) is 1. The third-order valence-electron chi connectivity index (χ3n) is 1.75. The number of aromatic amines is 1. The van der Waals surface area contributed by atoms with Crippen molar-refractivity contribution < 1.29 is 14.3 Å². The lowest BCUT2D eigenvalue weighted by atomic mass is 10.4. The minimum Gasteiger partial charge on any atom is -0.463 e. The summed E-state index contributed by atoms with van der Waals surface area (Å²) in [5.41, 5.74) is 2.05. The van der Waals surface area contributed by atoms with Gasteiger partial charge in [-0.25, -0.2) is 0 Å². The number of aromatic nitrogens is 1. The van der Waals surface area contributed by atoms with E-state index in [2.05, 4.69) is 4.98 Å². The van der Waals surface area contributed by atoms with Gasteiger partial charge in [0.15, 0.2) is 11.9 Å². The van der Waals surface area contributed by atoms with Crippen LogP contribution in [0.4, 0.5) is 0 Å². The van der Waals surface area contributed by atoms with Gasteiger partial charge in [0.05, 0.1) is 17.5 Å². The van der Waals surface area contributed by atoms with E-state index in [9.17, 15) is 5.11 Å². The van der Waals surface area contributed by atoms with E-state index in [0.717, 1.165) is 5.52 Å². The molecule has 13 heavy (non-hydrogen) atoms. The summed E-state index contributed by atoms with van der Waals surface area (Å²) in [4.78, 5) is 2.93. The van der Waals surface area contributed by atoms with Crippen LogP contribution in [0.25, 0.3) is 11.1 Å². The number of rotatable bonds is 3. The lowest BCUT2D eigenvalue weighted by molar-refractivity contribution is -0.0877. The van der Waals surface area contributed by atoms with Gasteiger partial charge in [-0.05, 0) is 0 Å². The van der Waals surface area contributed by atoms with E-state index >= 15 is 0 Å². The molecule has 4 nitrogen and oxygen atoms in total. The van der Waals surface area contributed by atoms with Crippen molar-refractivity contribution in [1.82, 2.24) is 4.98 Å². The predicted molar refractivity (Wildman–Crippen MR) is 47.3 cm³/mol. The number of alkyl halides is 1. The van der Waals surface area contributed by atoms with Gasteiger partial charge < -0.3 is 19.2 Å². The molecule has 0 radical (unpaired) electrons. The van der Waals surface area contributed by atoms with Crippen molar-refractivity contribution in [2.75, 3.05) is 6.07 Å². The number of halogens is 1. The zero-order chi connectivity index (χ0) is 9.26. The lowest BCUT2D eigenvalue weighted by Gasteiger charge is -2.05. The molecule has 0 spiro atoms. The maximum Gasteiger partial charge on any atom is 0.197 e. The second kappa shape index (κ2) is 3.41. The monoisotopic (exact) mass is 201 g/mol. The average molecular weight is 202 g/mol. The Hall–Kier alpha value is -0.970. The zero-order valence-corrected chi connectivity index (χ0v) is 7.41. The van der Waals surface area contributed by atoms with Crippen LogP contribution in [0, 0.1) is 0 Å². The quantitative estimate of drug-likeness (QED) is 0.590. The number of ether oxygens (including phenoxy) is 1. The van der Waals surface area contributed by atoms with E-state index in [4.69, 9.17) is 20.8 Å². The number of fused-ring (bicyclic) bond motifs is 1. The smallest absolute Gasteiger partial charge is 0.197 e. The van der Waals surface area contributed by atoms with E-state index in [-0.39, 0.29) is 6.07 Å². The van der Waals surface area contributed by atoms with Crippen LogP contribution in [-0.4, -0.2) is 16.2 Å². The van der Waals surface area contributed by atoms with E-state index in [1.165, 1.54) is 0 Å². The van der Waals surface area contributed by atoms with E-state index in [1.807, 2.05) is 0 Å². The Morgan fingerprint density at radius 1 is 1.69 bits per heavy atom. The number of furan rings is 1. The third kappa shape index (κ3) is 1.56. The van der Waals surface area contributed by atoms with Crippen molar-refractivity contribution in [2.24, 2.45) is 0 Å². The molecule has 0 saturated carbocycles. The fourth-order valence-corrected chi connectivity index (χ4v) is 1.27.